The second-order valence-corrected chi connectivity index (χ2v) is 16.8. The fourth-order valence-electron chi connectivity index (χ4n) is 9.78. The molecule has 0 aliphatic carbocycles. The van der Waals surface area contributed by atoms with E-state index in [0.29, 0.717) is 0 Å². The van der Waals surface area contributed by atoms with Crippen LogP contribution in [0.15, 0.2) is 212 Å². The van der Waals surface area contributed by atoms with E-state index in [-0.39, 0.29) is 0 Å². The van der Waals surface area contributed by atoms with Gasteiger partial charge in [0, 0.05) is 55.1 Å². The Morgan fingerprint density at radius 1 is 0.300 bits per heavy atom. The first-order valence-corrected chi connectivity index (χ1v) is 21.3. The van der Waals surface area contributed by atoms with Gasteiger partial charge in [-0.2, -0.15) is 0 Å². The molecule has 0 radical (unpaired) electrons. The molecule has 0 N–H and O–H groups in total. The third-order valence-electron chi connectivity index (χ3n) is 12.4. The molecule has 13 rings (SSSR count). The topological polar surface area (TPSA) is 11.4 Å². The fraction of sp³-hybridized carbons (Fsp3) is 0. The van der Waals surface area contributed by atoms with Crippen LogP contribution in [0, 0.1) is 0 Å². The number of nitrogens with zero attached hydrogens (tertiary/aromatic N) is 3. The van der Waals surface area contributed by atoms with E-state index in [9.17, 15) is 0 Å². The number of anilines is 6. The average Bonchev–Trinajstić information content (AvgIpc) is 3.87. The molecule has 60 heavy (non-hydrogen) atoms. The Labute approximate surface area is 350 Å². The van der Waals surface area contributed by atoms with E-state index in [0.717, 1.165) is 39.6 Å². The normalized spacial score (nSPS) is 12.6. The summed E-state index contributed by atoms with van der Waals surface area (Å²) in [6, 6.07) is 78.3. The zero-order chi connectivity index (χ0) is 39.3. The highest BCUT2D eigenvalue weighted by atomic mass is 32.1. The lowest BCUT2D eigenvalue weighted by Crippen LogP contribution is -2.14. The van der Waals surface area contributed by atoms with E-state index < -0.39 is 0 Å². The van der Waals surface area contributed by atoms with Crippen molar-refractivity contribution in [3.8, 4) is 16.8 Å². The first-order valence-electron chi connectivity index (χ1n) is 20.5. The van der Waals surface area contributed by atoms with E-state index in [4.69, 9.17) is 0 Å². The van der Waals surface area contributed by atoms with Crippen LogP contribution in [0.4, 0.5) is 34.1 Å². The van der Waals surface area contributed by atoms with Crippen LogP contribution in [-0.4, -0.2) is 4.57 Å². The van der Waals surface area contributed by atoms with E-state index >= 15 is 0 Å². The zero-order valence-corrected chi connectivity index (χ0v) is 33.3. The smallest absolute Gasteiger partial charge is 0.0640 e. The molecule has 12 aromatic rings. The van der Waals surface area contributed by atoms with Crippen molar-refractivity contribution in [2.24, 2.45) is 0 Å². The summed E-state index contributed by atoms with van der Waals surface area (Å²) in [6.07, 6.45) is 0. The Bertz CT molecular complexity index is 3670. The van der Waals surface area contributed by atoms with Gasteiger partial charge >= 0.3 is 0 Å². The van der Waals surface area contributed by atoms with Crippen molar-refractivity contribution in [2.45, 2.75) is 0 Å². The van der Waals surface area contributed by atoms with Crippen molar-refractivity contribution in [2.75, 3.05) is 9.80 Å². The lowest BCUT2D eigenvalue weighted by molar-refractivity contribution is 1.19. The SMILES string of the molecule is c1ccc(N2c3cc(-c4ccc5c6ccc7ccccc7c6n(-c6ccccc6)c5c4)cc(c3)N(c3cccc4ccccc34)c3cccc4c3sc3c2cccc34)cc1. The first-order chi connectivity index (χ1) is 29.8. The van der Waals surface area contributed by atoms with Crippen LogP contribution in [0.2, 0.25) is 0 Å². The lowest BCUT2D eigenvalue weighted by atomic mass is 9.99. The summed E-state index contributed by atoms with van der Waals surface area (Å²) in [6.45, 7) is 0. The molecule has 1 aliphatic heterocycles. The van der Waals surface area contributed by atoms with Gasteiger partial charge in [-0.15, -0.1) is 11.3 Å². The molecule has 10 aromatic carbocycles. The van der Waals surface area contributed by atoms with Gasteiger partial charge in [0.2, 0.25) is 0 Å². The Morgan fingerprint density at radius 2 is 0.850 bits per heavy atom. The molecule has 0 unspecified atom stereocenters. The second-order valence-electron chi connectivity index (χ2n) is 15.7. The molecule has 4 heteroatoms. The van der Waals surface area contributed by atoms with Crippen LogP contribution in [0.25, 0.3) is 80.3 Å². The number of fused-ring (bicyclic) bond motifs is 9. The standard InChI is InChI=1S/C56H35N3S/c1-3-17-40(18-4-1)57-42-32-39(38-29-30-46-47-31-28-37-15-8-10-22-45(37)54(47)59(53(46)34-38)41-19-5-2-6-20-41)33-43(35-42)58(50-25-11-16-36-14-7-9-21-44(36)50)52-27-13-24-49-48-23-12-26-51(57)55(48)60-56(49)52/h1-35H. The first kappa shape index (κ1) is 33.3. The predicted molar refractivity (Wildman–Crippen MR) is 257 cm³/mol. The summed E-state index contributed by atoms with van der Waals surface area (Å²) >= 11 is 1.89. The highest BCUT2D eigenvalue weighted by Crippen LogP contribution is 2.53. The van der Waals surface area contributed by atoms with E-state index in [2.05, 4.69) is 227 Å². The third kappa shape index (κ3) is 4.89. The van der Waals surface area contributed by atoms with Crippen molar-refractivity contribution in [3.63, 3.8) is 0 Å². The fourth-order valence-corrected chi connectivity index (χ4v) is 11.1. The maximum absolute atomic E-state index is 2.51. The number of hydrogen-bond donors (Lipinski definition) is 0. The highest BCUT2D eigenvalue weighted by Gasteiger charge is 2.27. The van der Waals surface area contributed by atoms with Crippen LogP contribution in [0.1, 0.15) is 0 Å². The number of para-hydroxylation sites is 2. The minimum atomic E-state index is 1.10. The molecule has 1 aliphatic rings. The van der Waals surface area contributed by atoms with Crippen LogP contribution in [-0.2, 0) is 0 Å². The summed E-state index contributed by atoms with van der Waals surface area (Å²) < 4.78 is 5.01. The number of aromatic nitrogens is 1. The van der Waals surface area contributed by atoms with Crippen LogP contribution in [0.5, 0.6) is 0 Å². The van der Waals surface area contributed by atoms with Crippen molar-refractivity contribution in [3.05, 3.63) is 212 Å². The predicted octanol–water partition coefficient (Wildman–Crippen LogP) is 16.4. The number of hydrogen-bond acceptors (Lipinski definition) is 3. The van der Waals surface area contributed by atoms with Gasteiger partial charge in [0.15, 0.2) is 0 Å². The minimum absolute atomic E-state index is 1.10. The van der Waals surface area contributed by atoms with Crippen LogP contribution < -0.4 is 9.80 Å². The van der Waals surface area contributed by atoms with Gasteiger partial charge in [-0.25, -0.2) is 0 Å². The van der Waals surface area contributed by atoms with E-state index in [1.807, 2.05) is 11.3 Å². The molecule has 2 aromatic heterocycles. The molecule has 0 saturated heterocycles. The molecule has 3 heterocycles. The van der Waals surface area contributed by atoms with Gasteiger partial charge in [0.1, 0.15) is 0 Å². The molecule has 3 nitrogen and oxygen atoms in total. The summed E-state index contributed by atoms with van der Waals surface area (Å²) in [5.74, 6) is 0. The molecular formula is C56H35N3S. The highest BCUT2D eigenvalue weighted by molar-refractivity contribution is 7.27. The average molecular weight is 782 g/mol. The number of benzene rings is 10. The van der Waals surface area contributed by atoms with Gasteiger partial charge in [0.05, 0.1) is 37.5 Å². The van der Waals surface area contributed by atoms with Gasteiger partial charge in [-0.1, -0.05) is 146 Å². The van der Waals surface area contributed by atoms with Crippen molar-refractivity contribution >= 4 is 109 Å². The van der Waals surface area contributed by atoms with Crippen molar-refractivity contribution in [1.82, 2.24) is 4.57 Å². The Hall–Kier alpha value is -7.66. The van der Waals surface area contributed by atoms with Crippen LogP contribution in [0.3, 0.4) is 0 Å². The van der Waals surface area contributed by atoms with E-state index in [1.165, 1.54) is 74.9 Å². The molecule has 0 saturated carbocycles. The Kier molecular flexibility index (Phi) is 7.18. The van der Waals surface area contributed by atoms with E-state index in [1.54, 1.807) is 0 Å². The van der Waals surface area contributed by atoms with Gasteiger partial charge < -0.3 is 14.4 Å². The molecule has 0 amide bonds. The molecule has 0 fully saturated rings. The minimum Gasteiger partial charge on any atom is -0.309 e. The van der Waals surface area contributed by atoms with Gasteiger partial charge in [-0.05, 0) is 88.6 Å². The molecular weight excluding hydrogens is 747 g/mol. The summed E-state index contributed by atoms with van der Waals surface area (Å²) in [7, 11) is 0. The third-order valence-corrected chi connectivity index (χ3v) is 13.7. The van der Waals surface area contributed by atoms with Gasteiger partial charge in [0.25, 0.3) is 0 Å². The molecule has 0 atom stereocenters. The lowest BCUT2D eigenvalue weighted by Gasteiger charge is -2.31. The molecule has 0 spiro atoms. The van der Waals surface area contributed by atoms with Crippen molar-refractivity contribution in [1.29, 1.82) is 0 Å². The largest absolute Gasteiger partial charge is 0.309 e. The summed E-state index contributed by atoms with van der Waals surface area (Å²) in [5, 5.41) is 9.95. The quantitative estimate of drug-likeness (QED) is 0.176. The Balaban J connectivity index is 1.15. The monoisotopic (exact) mass is 781 g/mol. The molecule has 280 valence electrons. The Morgan fingerprint density at radius 3 is 1.60 bits per heavy atom. The maximum atomic E-state index is 2.51. The van der Waals surface area contributed by atoms with Crippen molar-refractivity contribution < 1.29 is 0 Å². The van der Waals surface area contributed by atoms with Crippen LogP contribution >= 0.6 is 11.3 Å². The maximum Gasteiger partial charge on any atom is 0.0640 e. The second kappa shape index (κ2) is 12.9. The number of rotatable bonds is 4. The summed E-state index contributed by atoms with van der Waals surface area (Å²) in [4.78, 5) is 4.97. The van der Waals surface area contributed by atoms with Gasteiger partial charge in [-0.3, -0.25) is 0 Å². The number of thiophene rings is 1. The molecule has 4 bridgehead atoms. The summed E-state index contributed by atoms with van der Waals surface area (Å²) in [5.41, 5.74) is 12.7. The zero-order valence-electron chi connectivity index (χ0n) is 32.5.